The van der Waals surface area contributed by atoms with Gasteiger partial charge in [0.2, 0.25) is 10.0 Å². The second-order valence-corrected chi connectivity index (χ2v) is 8.44. The predicted molar refractivity (Wildman–Crippen MR) is 88.8 cm³/mol. The molecule has 0 aliphatic rings. The molecule has 0 atom stereocenters. The largest absolute Gasteiger partial charge is 0.243 e. The van der Waals surface area contributed by atoms with Crippen LogP contribution >= 0.6 is 0 Å². The van der Waals surface area contributed by atoms with Crippen molar-refractivity contribution >= 4 is 10.0 Å². The van der Waals surface area contributed by atoms with E-state index in [1.807, 2.05) is 19.1 Å². The van der Waals surface area contributed by atoms with Crippen LogP contribution in [0.15, 0.2) is 29.2 Å². The van der Waals surface area contributed by atoms with Crippen molar-refractivity contribution in [3.05, 3.63) is 29.8 Å². The van der Waals surface area contributed by atoms with Crippen LogP contribution in [0, 0.1) is 18.8 Å². The SMILES string of the molecule is Cc1ccccc1S(=O)(=O)N(CCC(C)C)CCC(C)C. The lowest BCUT2D eigenvalue weighted by atomic mass is 10.1. The molecule has 4 heteroatoms. The maximum absolute atomic E-state index is 12.9. The van der Waals surface area contributed by atoms with E-state index in [1.165, 1.54) is 0 Å². The van der Waals surface area contributed by atoms with Gasteiger partial charge in [0.15, 0.2) is 0 Å². The highest BCUT2D eigenvalue weighted by Gasteiger charge is 2.25. The topological polar surface area (TPSA) is 37.4 Å². The molecule has 0 aliphatic carbocycles. The van der Waals surface area contributed by atoms with Crippen LogP contribution in [0.25, 0.3) is 0 Å². The molecule has 0 radical (unpaired) electrons. The van der Waals surface area contributed by atoms with Gasteiger partial charge in [-0.2, -0.15) is 4.31 Å². The fourth-order valence-corrected chi connectivity index (χ4v) is 3.84. The molecule has 0 heterocycles. The zero-order chi connectivity index (χ0) is 16.0. The second-order valence-electron chi connectivity index (χ2n) is 6.53. The highest BCUT2D eigenvalue weighted by atomic mass is 32.2. The molecule has 0 N–H and O–H groups in total. The Bertz CT molecular complexity index is 523. The second kappa shape index (κ2) is 7.95. The molecule has 120 valence electrons. The fraction of sp³-hybridized carbons (Fsp3) is 0.647. The molecule has 3 nitrogen and oxygen atoms in total. The van der Waals surface area contributed by atoms with Crippen molar-refractivity contribution in [3.8, 4) is 0 Å². The van der Waals surface area contributed by atoms with E-state index in [-0.39, 0.29) is 0 Å². The van der Waals surface area contributed by atoms with Crippen LogP contribution in [0.5, 0.6) is 0 Å². The molecule has 0 fully saturated rings. The molecular weight excluding hydrogens is 282 g/mol. The third-order valence-corrected chi connectivity index (χ3v) is 5.68. The summed E-state index contributed by atoms with van der Waals surface area (Å²) in [6.07, 6.45) is 1.78. The summed E-state index contributed by atoms with van der Waals surface area (Å²) in [5, 5.41) is 0. The van der Waals surface area contributed by atoms with Gasteiger partial charge in [0, 0.05) is 13.1 Å². The zero-order valence-electron chi connectivity index (χ0n) is 14.0. The number of nitrogens with zero attached hydrogens (tertiary/aromatic N) is 1. The first-order chi connectivity index (χ1) is 9.75. The lowest BCUT2D eigenvalue weighted by molar-refractivity contribution is 0.357. The third-order valence-electron chi connectivity index (χ3n) is 3.62. The average molecular weight is 311 g/mol. The van der Waals surface area contributed by atoms with E-state index in [0.717, 1.165) is 18.4 Å². The Balaban J connectivity index is 3.01. The highest BCUT2D eigenvalue weighted by molar-refractivity contribution is 7.89. The van der Waals surface area contributed by atoms with Crippen molar-refractivity contribution in [2.45, 2.75) is 52.4 Å². The van der Waals surface area contributed by atoms with Crippen molar-refractivity contribution in [1.29, 1.82) is 0 Å². The maximum Gasteiger partial charge on any atom is 0.243 e. The van der Waals surface area contributed by atoms with Gasteiger partial charge in [0.25, 0.3) is 0 Å². The summed E-state index contributed by atoms with van der Waals surface area (Å²) in [4.78, 5) is 0.442. The van der Waals surface area contributed by atoms with E-state index in [0.29, 0.717) is 29.8 Å². The number of hydrogen-bond donors (Lipinski definition) is 0. The van der Waals surface area contributed by atoms with Gasteiger partial charge in [-0.1, -0.05) is 45.9 Å². The lowest BCUT2D eigenvalue weighted by Crippen LogP contribution is -2.34. The Morgan fingerprint density at radius 2 is 1.43 bits per heavy atom. The Hall–Kier alpha value is -0.870. The highest BCUT2D eigenvalue weighted by Crippen LogP contribution is 2.21. The molecule has 0 bridgehead atoms. The number of sulfonamides is 1. The van der Waals surface area contributed by atoms with Crippen molar-refractivity contribution in [2.75, 3.05) is 13.1 Å². The maximum atomic E-state index is 12.9. The summed E-state index contributed by atoms with van der Waals surface area (Å²) in [5.74, 6) is 0.997. The minimum atomic E-state index is -3.39. The van der Waals surface area contributed by atoms with Gasteiger partial charge in [0.05, 0.1) is 4.90 Å². The smallest absolute Gasteiger partial charge is 0.207 e. The van der Waals surface area contributed by atoms with Crippen LogP contribution in [0.4, 0.5) is 0 Å². The third kappa shape index (κ3) is 5.44. The predicted octanol–water partition coefficient (Wildman–Crippen LogP) is 4.08. The van der Waals surface area contributed by atoms with Crippen molar-refractivity contribution in [1.82, 2.24) is 4.31 Å². The van der Waals surface area contributed by atoms with Crippen LogP contribution in [0.2, 0.25) is 0 Å². The van der Waals surface area contributed by atoms with Gasteiger partial charge in [-0.25, -0.2) is 8.42 Å². The molecule has 1 aromatic carbocycles. The van der Waals surface area contributed by atoms with Crippen LogP contribution < -0.4 is 0 Å². The molecule has 1 aromatic rings. The Labute approximate surface area is 130 Å². The van der Waals surface area contributed by atoms with Gasteiger partial charge >= 0.3 is 0 Å². The summed E-state index contributed by atoms with van der Waals surface area (Å²) >= 11 is 0. The molecule has 1 rings (SSSR count). The molecule has 0 aromatic heterocycles. The first-order valence-electron chi connectivity index (χ1n) is 7.81. The van der Waals surface area contributed by atoms with E-state index in [9.17, 15) is 8.42 Å². The van der Waals surface area contributed by atoms with Crippen LogP contribution in [0.1, 0.15) is 46.1 Å². The van der Waals surface area contributed by atoms with Gasteiger partial charge in [-0.3, -0.25) is 0 Å². The minimum absolute atomic E-state index is 0.442. The summed E-state index contributed by atoms with van der Waals surface area (Å²) in [7, 11) is -3.39. The molecule has 0 saturated heterocycles. The molecule has 0 spiro atoms. The van der Waals surface area contributed by atoms with E-state index in [2.05, 4.69) is 27.7 Å². The number of hydrogen-bond acceptors (Lipinski definition) is 2. The first-order valence-corrected chi connectivity index (χ1v) is 9.25. The molecule has 21 heavy (non-hydrogen) atoms. The van der Waals surface area contributed by atoms with E-state index >= 15 is 0 Å². The number of benzene rings is 1. The lowest BCUT2D eigenvalue weighted by Gasteiger charge is -2.24. The fourth-order valence-electron chi connectivity index (χ4n) is 2.14. The van der Waals surface area contributed by atoms with Gasteiger partial charge in [-0.15, -0.1) is 0 Å². The zero-order valence-corrected chi connectivity index (χ0v) is 14.8. The average Bonchev–Trinajstić information content (AvgIpc) is 2.37. The van der Waals surface area contributed by atoms with E-state index in [1.54, 1.807) is 16.4 Å². The minimum Gasteiger partial charge on any atom is -0.207 e. The van der Waals surface area contributed by atoms with Crippen LogP contribution in [-0.4, -0.2) is 25.8 Å². The standard InChI is InChI=1S/C17H29NO2S/c1-14(2)10-12-18(13-11-15(3)4)21(19,20)17-9-7-6-8-16(17)5/h6-9,14-15H,10-13H2,1-5H3. The van der Waals surface area contributed by atoms with Crippen LogP contribution in [0.3, 0.4) is 0 Å². The van der Waals surface area contributed by atoms with Crippen molar-refractivity contribution in [2.24, 2.45) is 11.8 Å². The summed E-state index contributed by atoms with van der Waals surface area (Å²) < 4.78 is 27.5. The van der Waals surface area contributed by atoms with E-state index < -0.39 is 10.0 Å². The summed E-state index contributed by atoms with van der Waals surface area (Å²) in [6.45, 7) is 11.6. The normalized spacial score (nSPS) is 12.6. The molecule has 0 aliphatic heterocycles. The van der Waals surface area contributed by atoms with Gasteiger partial charge in [0.1, 0.15) is 0 Å². The van der Waals surface area contributed by atoms with Crippen molar-refractivity contribution in [3.63, 3.8) is 0 Å². The van der Waals surface area contributed by atoms with E-state index in [4.69, 9.17) is 0 Å². The summed E-state index contributed by atoms with van der Waals surface area (Å²) in [6, 6.07) is 7.24. The Morgan fingerprint density at radius 3 is 1.86 bits per heavy atom. The monoisotopic (exact) mass is 311 g/mol. The van der Waals surface area contributed by atoms with Crippen molar-refractivity contribution < 1.29 is 8.42 Å². The van der Waals surface area contributed by atoms with Crippen LogP contribution in [-0.2, 0) is 10.0 Å². The Kier molecular flexibility index (Phi) is 6.88. The van der Waals surface area contributed by atoms with Gasteiger partial charge < -0.3 is 0 Å². The molecular formula is C17H29NO2S. The molecule has 0 unspecified atom stereocenters. The van der Waals surface area contributed by atoms with Gasteiger partial charge in [-0.05, 0) is 43.2 Å². The summed E-state index contributed by atoms with van der Waals surface area (Å²) in [5.41, 5.74) is 0.816. The number of rotatable bonds is 8. The molecule has 0 amide bonds. The first kappa shape index (κ1) is 18.2. The quantitative estimate of drug-likeness (QED) is 0.725. The Morgan fingerprint density at radius 1 is 0.952 bits per heavy atom. The molecule has 0 saturated carbocycles. The number of aryl methyl sites for hydroxylation is 1.